The van der Waals surface area contributed by atoms with Gasteiger partial charge in [0, 0.05) is 65.9 Å². The zero-order valence-corrected chi connectivity index (χ0v) is 19.9. The minimum atomic E-state index is -1.12. The Morgan fingerprint density at radius 2 is 2.03 bits per heavy atom. The highest BCUT2D eigenvalue weighted by Crippen LogP contribution is 2.35. The van der Waals surface area contributed by atoms with E-state index in [4.69, 9.17) is 9.47 Å². The van der Waals surface area contributed by atoms with E-state index in [1.54, 1.807) is 31.6 Å². The second-order valence-corrected chi connectivity index (χ2v) is 7.59. The Balaban J connectivity index is 0.00000141. The fourth-order valence-corrected chi connectivity index (χ4v) is 4.07. The number of pyridine rings is 2. The average molecular weight is 480 g/mol. The normalized spacial score (nSPS) is 11.9. The van der Waals surface area contributed by atoms with Gasteiger partial charge in [0.15, 0.2) is 5.69 Å². The molecule has 0 amide bonds. The van der Waals surface area contributed by atoms with E-state index in [1.807, 2.05) is 13.8 Å². The van der Waals surface area contributed by atoms with Gasteiger partial charge >= 0.3 is 5.97 Å². The van der Waals surface area contributed by atoms with Gasteiger partial charge in [-0.15, -0.1) is 0 Å². The van der Waals surface area contributed by atoms with Crippen LogP contribution in [0.1, 0.15) is 35.5 Å². The lowest BCUT2D eigenvalue weighted by Crippen LogP contribution is -2.07. The fraction of sp³-hybridized carbons (Fsp3) is 0.280. The third-order valence-corrected chi connectivity index (χ3v) is 5.70. The highest BCUT2D eigenvalue weighted by molar-refractivity contribution is 6.02. The van der Waals surface area contributed by atoms with Crippen molar-refractivity contribution in [3.05, 3.63) is 59.3 Å². The van der Waals surface area contributed by atoms with E-state index in [9.17, 15) is 14.3 Å². The maximum Gasteiger partial charge on any atom is 0.356 e. The smallest absolute Gasteiger partial charge is 0.356 e. The van der Waals surface area contributed by atoms with Crippen LogP contribution in [0.5, 0.6) is 11.6 Å². The number of nitrogens with one attached hydrogen (secondary N) is 1. The number of aromatic carboxylic acids is 1. The number of hydrogen-bond acceptors (Lipinski definition) is 7. The topological polar surface area (TPSA) is 111 Å². The van der Waals surface area contributed by atoms with Crippen molar-refractivity contribution in [1.29, 1.82) is 0 Å². The first kappa shape index (κ1) is 23.9. The Morgan fingerprint density at radius 1 is 1.23 bits per heavy atom. The number of aryl methyl sites for hydroxylation is 1. The summed E-state index contributed by atoms with van der Waals surface area (Å²) < 4.78 is 26.9. The van der Waals surface area contributed by atoms with Crippen LogP contribution in [0.2, 0.25) is 0 Å². The molecule has 0 fully saturated rings. The van der Waals surface area contributed by atoms with Crippen LogP contribution in [0.4, 0.5) is 10.2 Å². The van der Waals surface area contributed by atoms with Crippen molar-refractivity contribution < 1.29 is 23.8 Å². The molecule has 1 aromatic carbocycles. The van der Waals surface area contributed by atoms with Gasteiger partial charge in [-0.2, -0.15) is 5.10 Å². The summed E-state index contributed by atoms with van der Waals surface area (Å²) in [6, 6.07) is 6.30. The number of halogens is 1. The van der Waals surface area contributed by atoms with Gasteiger partial charge in [-0.05, 0) is 18.2 Å². The Hall–Kier alpha value is -4.21. The quantitative estimate of drug-likeness (QED) is 0.417. The summed E-state index contributed by atoms with van der Waals surface area (Å²) in [4.78, 5) is 20.2. The summed E-state index contributed by atoms with van der Waals surface area (Å²) in [5.74, 6) is 0.195. The van der Waals surface area contributed by atoms with Crippen LogP contribution in [0, 0.1) is 5.82 Å². The van der Waals surface area contributed by atoms with E-state index in [-0.39, 0.29) is 18.1 Å². The number of anilines is 1. The SMILES string of the molecule is CC.COc1cc2c(-c3cc(C(=O)O)nn3C)cnc(NCc3c(F)ccc4c3CCO4)c2cn1. The summed E-state index contributed by atoms with van der Waals surface area (Å²) in [6.07, 6.45) is 3.90. The van der Waals surface area contributed by atoms with Crippen molar-refractivity contribution >= 4 is 22.6 Å². The molecule has 0 radical (unpaired) electrons. The van der Waals surface area contributed by atoms with E-state index < -0.39 is 5.97 Å². The predicted octanol–water partition coefficient (Wildman–Crippen LogP) is 4.45. The van der Waals surface area contributed by atoms with Crippen molar-refractivity contribution in [2.75, 3.05) is 19.0 Å². The lowest BCUT2D eigenvalue weighted by atomic mass is 10.0. The Labute approximate surface area is 201 Å². The summed E-state index contributed by atoms with van der Waals surface area (Å²) in [6.45, 7) is 4.76. The molecule has 4 aromatic rings. The summed E-state index contributed by atoms with van der Waals surface area (Å²) in [7, 11) is 3.18. The molecule has 0 saturated carbocycles. The number of ether oxygens (including phenoxy) is 2. The molecule has 0 bridgehead atoms. The number of hydrogen-bond donors (Lipinski definition) is 2. The van der Waals surface area contributed by atoms with E-state index >= 15 is 0 Å². The second kappa shape index (κ2) is 9.96. The molecule has 3 aromatic heterocycles. The molecule has 0 saturated heterocycles. The van der Waals surface area contributed by atoms with E-state index in [1.165, 1.54) is 23.9 Å². The monoisotopic (exact) mass is 479 g/mol. The standard InChI is InChI=1S/C23H20FN5O4.C2H6/c1-29-19(8-18(28-29)23(30)31)15-10-27-22(16-11-25-21(32-2)7-13(15)16)26-9-14-12-5-6-33-20(12)4-3-17(14)24;1-2/h3-4,7-8,10-11H,5-6,9H2,1-2H3,(H,26,27)(H,30,31);1-2H3. The van der Waals surface area contributed by atoms with Crippen molar-refractivity contribution in [3.63, 3.8) is 0 Å². The first-order valence-corrected chi connectivity index (χ1v) is 11.2. The molecule has 10 heteroatoms. The number of methoxy groups -OCH3 is 1. The predicted molar refractivity (Wildman–Crippen MR) is 130 cm³/mol. The molecule has 4 heterocycles. The third-order valence-electron chi connectivity index (χ3n) is 5.70. The van der Waals surface area contributed by atoms with Crippen LogP contribution in [-0.4, -0.2) is 44.5 Å². The molecule has 35 heavy (non-hydrogen) atoms. The summed E-state index contributed by atoms with van der Waals surface area (Å²) in [5.41, 5.74) is 2.58. The van der Waals surface area contributed by atoms with Crippen LogP contribution in [0.3, 0.4) is 0 Å². The maximum atomic E-state index is 14.6. The van der Waals surface area contributed by atoms with Gasteiger partial charge in [0.2, 0.25) is 5.88 Å². The molecular weight excluding hydrogens is 453 g/mol. The first-order chi connectivity index (χ1) is 17.0. The molecule has 0 spiro atoms. The molecule has 0 unspecified atom stereocenters. The lowest BCUT2D eigenvalue weighted by molar-refractivity contribution is 0.0689. The number of benzene rings is 1. The van der Waals surface area contributed by atoms with Gasteiger partial charge in [0.25, 0.3) is 0 Å². The molecule has 9 nitrogen and oxygen atoms in total. The zero-order valence-electron chi connectivity index (χ0n) is 19.9. The fourth-order valence-electron chi connectivity index (χ4n) is 4.07. The number of carboxylic acid groups (broad SMARTS) is 1. The number of nitrogens with zero attached hydrogens (tertiary/aromatic N) is 4. The summed E-state index contributed by atoms with van der Waals surface area (Å²) in [5, 5.41) is 18.0. The van der Waals surface area contributed by atoms with Crippen LogP contribution in [-0.2, 0) is 20.0 Å². The number of rotatable bonds is 6. The van der Waals surface area contributed by atoms with Gasteiger partial charge in [-0.3, -0.25) is 4.68 Å². The Morgan fingerprint density at radius 3 is 2.74 bits per heavy atom. The Bertz CT molecular complexity index is 1400. The van der Waals surface area contributed by atoms with Gasteiger partial charge in [-0.25, -0.2) is 19.2 Å². The zero-order chi connectivity index (χ0) is 25.1. The minimum Gasteiger partial charge on any atom is -0.493 e. The van der Waals surface area contributed by atoms with Crippen LogP contribution in [0.15, 0.2) is 36.7 Å². The number of aromatic nitrogens is 4. The summed E-state index contributed by atoms with van der Waals surface area (Å²) >= 11 is 0. The highest BCUT2D eigenvalue weighted by Gasteiger charge is 2.21. The van der Waals surface area contributed by atoms with Gasteiger partial charge in [0.1, 0.15) is 17.4 Å². The van der Waals surface area contributed by atoms with E-state index in [0.717, 1.165) is 10.9 Å². The minimum absolute atomic E-state index is 0.0699. The average Bonchev–Trinajstić information content (AvgIpc) is 3.51. The Kier molecular flexibility index (Phi) is 6.81. The highest BCUT2D eigenvalue weighted by atomic mass is 19.1. The maximum absolute atomic E-state index is 14.6. The first-order valence-electron chi connectivity index (χ1n) is 11.2. The van der Waals surface area contributed by atoms with Crippen LogP contribution >= 0.6 is 0 Å². The largest absolute Gasteiger partial charge is 0.493 e. The molecule has 1 aliphatic heterocycles. The lowest BCUT2D eigenvalue weighted by Gasteiger charge is -2.14. The van der Waals surface area contributed by atoms with Crippen molar-refractivity contribution in [2.24, 2.45) is 7.05 Å². The number of carbonyl (C=O) groups is 1. The second-order valence-electron chi connectivity index (χ2n) is 7.59. The van der Waals surface area contributed by atoms with Gasteiger partial charge < -0.3 is 19.9 Å². The van der Waals surface area contributed by atoms with Crippen LogP contribution in [0.25, 0.3) is 22.0 Å². The number of carboxylic acids is 1. The molecular formula is C25H26FN5O4. The van der Waals surface area contributed by atoms with Gasteiger partial charge in [0.05, 0.1) is 19.4 Å². The molecule has 0 atom stereocenters. The van der Waals surface area contributed by atoms with E-state index in [2.05, 4.69) is 20.4 Å². The molecule has 5 rings (SSSR count). The molecule has 2 N–H and O–H groups in total. The molecule has 1 aliphatic rings. The van der Waals surface area contributed by atoms with E-state index in [0.29, 0.717) is 52.7 Å². The van der Waals surface area contributed by atoms with Crippen molar-refractivity contribution in [3.8, 4) is 22.9 Å². The van der Waals surface area contributed by atoms with Crippen LogP contribution < -0.4 is 14.8 Å². The molecule has 182 valence electrons. The van der Waals surface area contributed by atoms with Crippen molar-refractivity contribution in [2.45, 2.75) is 26.8 Å². The third kappa shape index (κ3) is 4.46. The number of fused-ring (bicyclic) bond motifs is 2. The van der Waals surface area contributed by atoms with Crippen molar-refractivity contribution in [1.82, 2.24) is 19.7 Å². The molecule has 0 aliphatic carbocycles. The van der Waals surface area contributed by atoms with Gasteiger partial charge in [-0.1, -0.05) is 13.8 Å².